The van der Waals surface area contributed by atoms with Gasteiger partial charge in [0.25, 0.3) is 0 Å². The number of aryl methyl sites for hydroxylation is 1. The maximum atomic E-state index is 13.4. The minimum atomic E-state index is -4.61. The highest BCUT2D eigenvalue weighted by Crippen LogP contribution is 2.37. The summed E-state index contributed by atoms with van der Waals surface area (Å²) in [5.74, 6) is 0. The van der Waals surface area contributed by atoms with Crippen molar-refractivity contribution in [2.75, 3.05) is 18.5 Å². The van der Waals surface area contributed by atoms with Gasteiger partial charge in [0.05, 0.1) is 17.2 Å². The van der Waals surface area contributed by atoms with Crippen LogP contribution in [0.1, 0.15) is 43.0 Å². The quantitative estimate of drug-likeness (QED) is 0.627. The Kier molecular flexibility index (Phi) is 6.93. The van der Waals surface area contributed by atoms with E-state index in [1.54, 1.807) is 24.9 Å². The highest BCUT2D eigenvalue weighted by atomic mass is 19.4. The Bertz CT molecular complexity index is 1040. The number of aliphatic imine (C=N–C) groups is 1. The van der Waals surface area contributed by atoms with Crippen LogP contribution in [-0.2, 0) is 6.18 Å². The molecule has 0 fully saturated rings. The predicted molar refractivity (Wildman–Crippen MR) is 116 cm³/mol. The van der Waals surface area contributed by atoms with E-state index in [9.17, 15) is 13.2 Å². The number of allylic oxidation sites excluding steroid dienone is 2. The molecule has 0 bridgehead atoms. The minimum Gasteiger partial charge on any atom is -0.402 e. The van der Waals surface area contributed by atoms with E-state index in [0.29, 0.717) is 17.9 Å². The summed E-state index contributed by atoms with van der Waals surface area (Å²) < 4.78 is 40.1. The maximum absolute atomic E-state index is 13.4. The van der Waals surface area contributed by atoms with Gasteiger partial charge in [-0.05, 0) is 63.1 Å². The van der Waals surface area contributed by atoms with E-state index in [1.165, 1.54) is 12.1 Å². The fraction of sp³-hybridized carbons (Fsp3) is 0.304. The van der Waals surface area contributed by atoms with Gasteiger partial charge in [-0.1, -0.05) is 12.1 Å². The third kappa shape index (κ3) is 4.82. The van der Waals surface area contributed by atoms with E-state index < -0.39 is 17.3 Å². The second-order valence-electron chi connectivity index (χ2n) is 7.02. The Morgan fingerprint density at radius 1 is 1.17 bits per heavy atom. The van der Waals surface area contributed by atoms with Crippen LogP contribution in [0.5, 0.6) is 0 Å². The maximum Gasteiger partial charge on any atom is 0.417 e. The lowest BCUT2D eigenvalue weighted by atomic mass is 9.97. The van der Waals surface area contributed by atoms with Crippen LogP contribution in [0.2, 0.25) is 0 Å². The van der Waals surface area contributed by atoms with Gasteiger partial charge < -0.3 is 10.6 Å². The van der Waals surface area contributed by atoms with Crippen LogP contribution in [0.3, 0.4) is 0 Å². The average Bonchev–Trinajstić information content (AvgIpc) is 2.67. The van der Waals surface area contributed by atoms with E-state index in [1.807, 2.05) is 39.0 Å². The third-order valence-corrected chi connectivity index (χ3v) is 4.83. The fourth-order valence-electron chi connectivity index (χ4n) is 3.38. The predicted octanol–water partition coefficient (Wildman–Crippen LogP) is 5.82. The number of rotatable bonds is 5. The molecular weight excluding hydrogens is 389 g/mol. The van der Waals surface area contributed by atoms with Gasteiger partial charge in [-0.2, -0.15) is 18.4 Å². The number of anilines is 2. The molecule has 0 saturated heterocycles. The molecule has 30 heavy (non-hydrogen) atoms. The molecule has 0 radical (unpaired) electrons. The second-order valence-corrected chi connectivity index (χ2v) is 7.02. The minimum absolute atomic E-state index is 0.329. The average molecular weight is 414 g/mol. The fourth-order valence-corrected chi connectivity index (χ4v) is 3.38. The van der Waals surface area contributed by atoms with Gasteiger partial charge >= 0.3 is 6.18 Å². The van der Waals surface area contributed by atoms with Crippen LogP contribution >= 0.6 is 0 Å². The molecule has 0 unspecified atom stereocenters. The van der Waals surface area contributed by atoms with E-state index >= 15 is 0 Å². The van der Waals surface area contributed by atoms with E-state index in [4.69, 9.17) is 11.0 Å². The zero-order chi connectivity index (χ0) is 22.6. The Morgan fingerprint density at radius 2 is 1.83 bits per heavy atom. The zero-order valence-corrected chi connectivity index (χ0v) is 17.7. The lowest BCUT2D eigenvalue weighted by molar-refractivity contribution is -0.137. The molecule has 4 nitrogen and oxygen atoms in total. The third-order valence-electron chi connectivity index (χ3n) is 4.83. The number of alkyl halides is 3. The number of hydrogen-bond donors (Lipinski definition) is 1. The normalized spacial score (nSPS) is 13.0. The molecule has 2 N–H and O–H groups in total. The molecule has 2 rings (SSSR count). The lowest BCUT2D eigenvalue weighted by Gasteiger charge is -2.24. The summed E-state index contributed by atoms with van der Waals surface area (Å²) in [6, 6.07) is 11.0. The van der Waals surface area contributed by atoms with Crippen molar-refractivity contribution in [3.63, 3.8) is 0 Å². The highest BCUT2D eigenvalue weighted by molar-refractivity contribution is 6.23. The number of nitrogens with zero attached hydrogens (tertiary/aromatic N) is 3. The summed E-state index contributed by atoms with van der Waals surface area (Å²) in [5.41, 5.74) is 9.75. The lowest BCUT2D eigenvalue weighted by Crippen LogP contribution is -2.15. The van der Waals surface area contributed by atoms with Crippen molar-refractivity contribution >= 4 is 22.7 Å². The summed E-state index contributed by atoms with van der Waals surface area (Å²) in [6.45, 7) is 8.12. The van der Waals surface area contributed by atoms with Crippen molar-refractivity contribution in [3.8, 4) is 6.07 Å². The Morgan fingerprint density at radius 3 is 2.37 bits per heavy atom. The van der Waals surface area contributed by atoms with Gasteiger partial charge in [0.1, 0.15) is 0 Å². The van der Waals surface area contributed by atoms with Gasteiger partial charge in [0.15, 0.2) is 0 Å². The van der Waals surface area contributed by atoms with Gasteiger partial charge in [-0.3, -0.25) is 4.99 Å². The first-order chi connectivity index (χ1) is 14.0. The van der Waals surface area contributed by atoms with Crippen molar-refractivity contribution in [2.24, 2.45) is 10.7 Å². The molecule has 0 atom stereocenters. The van der Waals surface area contributed by atoms with Crippen LogP contribution in [0.15, 0.2) is 47.1 Å². The van der Waals surface area contributed by atoms with Crippen LogP contribution in [0.25, 0.3) is 5.57 Å². The molecule has 7 heteroatoms. The molecule has 2 aromatic rings. The Labute approximate surface area is 175 Å². The molecule has 0 aliphatic rings. The summed E-state index contributed by atoms with van der Waals surface area (Å²) in [5, 5.41) is 9.03. The molecule has 0 spiro atoms. The molecule has 0 aliphatic carbocycles. The largest absolute Gasteiger partial charge is 0.417 e. The van der Waals surface area contributed by atoms with E-state index in [-0.39, 0.29) is 0 Å². The molecular formula is C23H25F3N4. The molecule has 0 amide bonds. The highest BCUT2D eigenvalue weighted by Gasteiger charge is 2.34. The molecule has 2 aromatic carbocycles. The Balaban J connectivity index is 2.61. The SMILES string of the molecule is CCN=C(C)C(=C(C)N)c1ccc(C)c(N(C)c2ccc(C#N)c(C(F)(F)F)c2)c1. The van der Waals surface area contributed by atoms with Crippen molar-refractivity contribution < 1.29 is 13.2 Å². The van der Waals surface area contributed by atoms with E-state index in [0.717, 1.165) is 34.2 Å². The second kappa shape index (κ2) is 9.04. The van der Waals surface area contributed by atoms with Gasteiger partial charge in [-0.25, -0.2) is 0 Å². The summed E-state index contributed by atoms with van der Waals surface area (Å²) >= 11 is 0. The van der Waals surface area contributed by atoms with Crippen molar-refractivity contribution in [3.05, 3.63) is 64.3 Å². The van der Waals surface area contributed by atoms with Crippen molar-refractivity contribution in [1.82, 2.24) is 0 Å². The first-order valence-corrected chi connectivity index (χ1v) is 9.45. The van der Waals surface area contributed by atoms with Gasteiger partial charge in [0.2, 0.25) is 0 Å². The molecule has 0 saturated carbocycles. The summed E-state index contributed by atoms with van der Waals surface area (Å²) in [6.07, 6.45) is -4.61. The number of nitriles is 1. The number of benzene rings is 2. The zero-order valence-electron chi connectivity index (χ0n) is 17.7. The summed E-state index contributed by atoms with van der Waals surface area (Å²) in [4.78, 5) is 6.12. The standard InChI is InChI=1S/C23H25F3N4/c1-6-29-16(4)22(15(3)28)17-8-7-14(2)21(11-17)30(5)19-10-9-18(13-27)20(12-19)23(24,25)26/h7-12H,6,28H2,1-5H3. The topological polar surface area (TPSA) is 65.4 Å². The van der Waals surface area contributed by atoms with Crippen LogP contribution in [0.4, 0.5) is 24.5 Å². The Hall–Kier alpha value is -3.27. The number of nitrogens with two attached hydrogens (primary N) is 1. The molecule has 158 valence electrons. The molecule has 0 aromatic heterocycles. The number of hydrogen-bond acceptors (Lipinski definition) is 4. The van der Waals surface area contributed by atoms with Crippen molar-refractivity contribution in [2.45, 2.75) is 33.9 Å². The van der Waals surface area contributed by atoms with Crippen LogP contribution in [-0.4, -0.2) is 19.3 Å². The van der Waals surface area contributed by atoms with Crippen LogP contribution in [0, 0.1) is 18.3 Å². The van der Waals surface area contributed by atoms with Gasteiger partial charge in [0, 0.05) is 41.9 Å². The van der Waals surface area contributed by atoms with Crippen molar-refractivity contribution in [1.29, 1.82) is 5.26 Å². The molecule has 0 heterocycles. The first-order valence-electron chi connectivity index (χ1n) is 9.45. The molecule has 0 aliphatic heterocycles. The van der Waals surface area contributed by atoms with Gasteiger partial charge in [-0.15, -0.1) is 0 Å². The summed E-state index contributed by atoms with van der Waals surface area (Å²) in [7, 11) is 1.69. The monoisotopic (exact) mass is 414 g/mol. The first kappa shape index (κ1) is 23.0. The number of halogens is 3. The smallest absolute Gasteiger partial charge is 0.402 e. The van der Waals surface area contributed by atoms with E-state index in [2.05, 4.69) is 4.99 Å². The van der Waals surface area contributed by atoms with Crippen LogP contribution < -0.4 is 10.6 Å².